The van der Waals surface area contributed by atoms with Crippen LogP contribution in [0.15, 0.2) is 11.6 Å². The van der Waals surface area contributed by atoms with Gasteiger partial charge in [0, 0.05) is 12.5 Å². The van der Waals surface area contributed by atoms with Crippen molar-refractivity contribution in [2.45, 2.75) is 19.4 Å². The van der Waals surface area contributed by atoms with E-state index in [1.165, 1.54) is 0 Å². The maximum Gasteiger partial charge on any atom is 0.0754 e. The zero-order valence-electron chi connectivity index (χ0n) is 5.54. The van der Waals surface area contributed by atoms with Crippen LogP contribution in [-0.2, 0) is 0 Å². The molecule has 0 aliphatic heterocycles. The van der Waals surface area contributed by atoms with Crippen LogP contribution in [0.4, 0.5) is 0 Å². The van der Waals surface area contributed by atoms with Crippen molar-refractivity contribution < 1.29 is 10.2 Å². The quantitative estimate of drug-likeness (QED) is 0.499. The Bertz CT molecular complexity index is 129. The first-order valence-electron chi connectivity index (χ1n) is 3.21. The molecular formula is C7H12O2. The van der Waals surface area contributed by atoms with Crippen LogP contribution in [0, 0.1) is 5.92 Å². The SMILES string of the molecule is CC1=C[C@H](CO)C[C@H]1O. The molecule has 0 aromatic rings. The molecule has 0 spiro atoms. The predicted octanol–water partition coefficient (Wildman–Crippen LogP) is 0.306. The number of hydrogen-bond acceptors (Lipinski definition) is 2. The van der Waals surface area contributed by atoms with Crippen LogP contribution in [0.5, 0.6) is 0 Å². The molecule has 52 valence electrons. The summed E-state index contributed by atoms with van der Waals surface area (Å²) in [7, 11) is 0. The average Bonchev–Trinajstić information content (AvgIpc) is 2.13. The van der Waals surface area contributed by atoms with E-state index in [9.17, 15) is 0 Å². The Morgan fingerprint density at radius 2 is 2.44 bits per heavy atom. The Hall–Kier alpha value is -0.340. The van der Waals surface area contributed by atoms with E-state index in [0.29, 0.717) is 6.42 Å². The van der Waals surface area contributed by atoms with Crippen LogP contribution in [0.1, 0.15) is 13.3 Å². The molecule has 0 amide bonds. The number of hydrogen-bond donors (Lipinski definition) is 2. The van der Waals surface area contributed by atoms with Gasteiger partial charge in [-0.3, -0.25) is 0 Å². The molecule has 0 heterocycles. The highest BCUT2D eigenvalue weighted by Gasteiger charge is 2.20. The molecule has 0 saturated carbocycles. The molecule has 0 aromatic heterocycles. The number of aliphatic hydroxyl groups is 2. The van der Waals surface area contributed by atoms with Crippen molar-refractivity contribution in [2.75, 3.05) is 6.61 Å². The largest absolute Gasteiger partial charge is 0.396 e. The predicted molar refractivity (Wildman–Crippen MR) is 35.0 cm³/mol. The van der Waals surface area contributed by atoms with E-state index in [2.05, 4.69) is 0 Å². The highest BCUT2D eigenvalue weighted by Crippen LogP contribution is 2.23. The van der Waals surface area contributed by atoms with Crippen molar-refractivity contribution in [3.63, 3.8) is 0 Å². The summed E-state index contributed by atoms with van der Waals surface area (Å²) < 4.78 is 0. The second-order valence-corrected chi connectivity index (χ2v) is 2.60. The maximum atomic E-state index is 9.12. The highest BCUT2D eigenvalue weighted by molar-refractivity contribution is 5.13. The second-order valence-electron chi connectivity index (χ2n) is 2.60. The van der Waals surface area contributed by atoms with Crippen LogP contribution in [-0.4, -0.2) is 22.9 Å². The van der Waals surface area contributed by atoms with Gasteiger partial charge in [-0.15, -0.1) is 0 Å². The van der Waals surface area contributed by atoms with Crippen molar-refractivity contribution in [1.29, 1.82) is 0 Å². The van der Waals surface area contributed by atoms with Gasteiger partial charge in [-0.2, -0.15) is 0 Å². The van der Waals surface area contributed by atoms with Crippen LogP contribution in [0.3, 0.4) is 0 Å². The molecule has 0 saturated heterocycles. The molecule has 1 rings (SSSR count). The Kier molecular flexibility index (Phi) is 1.88. The average molecular weight is 128 g/mol. The Morgan fingerprint density at radius 3 is 2.67 bits per heavy atom. The standard InChI is InChI=1S/C7H12O2/c1-5-2-6(4-8)3-7(5)9/h2,6-9H,3-4H2,1H3/t6-,7+/m0/s1. The first-order chi connectivity index (χ1) is 4.24. The van der Waals surface area contributed by atoms with Crippen LogP contribution >= 0.6 is 0 Å². The molecule has 0 aromatic carbocycles. The van der Waals surface area contributed by atoms with Gasteiger partial charge in [0.2, 0.25) is 0 Å². The molecule has 2 atom stereocenters. The molecule has 0 radical (unpaired) electrons. The lowest BCUT2D eigenvalue weighted by atomic mass is 10.1. The van der Waals surface area contributed by atoms with Gasteiger partial charge < -0.3 is 10.2 Å². The van der Waals surface area contributed by atoms with Gasteiger partial charge >= 0.3 is 0 Å². The zero-order valence-corrected chi connectivity index (χ0v) is 5.54. The van der Waals surface area contributed by atoms with Gasteiger partial charge in [0.05, 0.1) is 6.10 Å². The smallest absolute Gasteiger partial charge is 0.0754 e. The van der Waals surface area contributed by atoms with E-state index in [1.54, 1.807) is 0 Å². The summed E-state index contributed by atoms with van der Waals surface area (Å²) in [6, 6.07) is 0. The lowest BCUT2D eigenvalue weighted by Gasteiger charge is -2.03. The lowest BCUT2D eigenvalue weighted by molar-refractivity contribution is 0.175. The van der Waals surface area contributed by atoms with E-state index in [-0.39, 0.29) is 18.6 Å². The molecule has 2 N–H and O–H groups in total. The summed E-state index contributed by atoms with van der Waals surface area (Å²) in [4.78, 5) is 0. The third kappa shape index (κ3) is 1.32. The summed E-state index contributed by atoms with van der Waals surface area (Å²) >= 11 is 0. The Labute approximate surface area is 54.8 Å². The minimum absolute atomic E-state index is 0.161. The molecule has 0 bridgehead atoms. The summed E-state index contributed by atoms with van der Waals surface area (Å²) in [5.74, 6) is 0.194. The van der Waals surface area contributed by atoms with Gasteiger partial charge in [-0.1, -0.05) is 6.08 Å². The van der Waals surface area contributed by atoms with Gasteiger partial charge in [0.15, 0.2) is 0 Å². The van der Waals surface area contributed by atoms with E-state index in [1.807, 2.05) is 13.0 Å². The Balaban J connectivity index is 2.52. The first-order valence-corrected chi connectivity index (χ1v) is 3.21. The molecule has 1 aliphatic carbocycles. The Morgan fingerprint density at radius 1 is 1.78 bits per heavy atom. The van der Waals surface area contributed by atoms with Crippen molar-refractivity contribution in [3.8, 4) is 0 Å². The van der Waals surface area contributed by atoms with E-state index in [0.717, 1.165) is 5.57 Å². The first kappa shape index (κ1) is 6.78. The van der Waals surface area contributed by atoms with Crippen LogP contribution in [0.25, 0.3) is 0 Å². The van der Waals surface area contributed by atoms with Gasteiger partial charge in [0.1, 0.15) is 0 Å². The maximum absolute atomic E-state index is 9.12. The molecular weight excluding hydrogens is 116 g/mol. The zero-order chi connectivity index (χ0) is 6.85. The minimum Gasteiger partial charge on any atom is -0.396 e. The van der Waals surface area contributed by atoms with Crippen LogP contribution in [0.2, 0.25) is 0 Å². The van der Waals surface area contributed by atoms with E-state index >= 15 is 0 Å². The van der Waals surface area contributed by atoms with E-state index < -0.39 is 0 Å². The topological polar surface area (TPSA) is 40.5 Å². The second kappa shape index (κ2) is 2.50. The van der Waals surface area contributed by atoms with Gasteiger partial charge in [-0.05, 0) is 18.9 Å². The molecule has 1 aliphatic rings. The monoisotopic (exact) mass is 128 g/mol. The van der Waals surface area contributed by atoms with E-state index in [4.69, 9.17) is 10.2 Å². The minimum atomic E-state index is -0.304. The van der Waals surface area contributed by atoms with Crippen molar-refractivity contribution in [2.24, 2.45) is 5.92 Å². The fourth-order valence-electron chi connectivity index (χ4n) is 1.15. The third-order valence-electron chi connectivity index (χ3n) is 1.78. The fourth-order valence-corrected chi connectivity index (χ4v) is 1.15. The van der Waals surface area contributed by atoms with Crippen LogP contribution < -0.4 is 0 Å². The molecule has 2 nitrogen and oxygen atoms in total. The summed E-state index contributed by atoms with van der Waals surface area (Å²) in [5, 5.41) is 17.8. The van der Waals surface area contributed by atoms with Crippen molar-refractivity contribution in [3.05, 3.63) is 11.6 Å². The lowest BCUT2D eigenvalue weighted by Crippen LogP contribution is -2.06. The normalized spacial score (nSPS) is 34.8. The van der Waals surface area contributed by atoms with Gasteiger partial charge in [0.25, 0.3) is 0 Å². The van der Waals surface area contributed by atoms with Crippen molar-refractivity contribution >= 4 is 0 Å². The molecule has 9 heavy (non-hydrogen) atoms. The van der Waals surface area contributed by atoms with Gasteiger partial charge in [-0.25, -0.2) is 0 Å². The highest BCUT2D eigenvalue weighted by atomic mass is 16.3. The summed E-state index contributed by atoms with van der Waals surface area (Å²) in [5.41, 5.74) is 0.994. The molecule has 0 unspecified atom stereocenters. The third-order valence-corrected chi connectivity index (χ3v) is 1.78. The molecule has 2 heteroatoms. The van der Waals surface area contributed by atoms with Crippen molar-refractivity contribution in [1.82, 2.24) is 0 Å². The number of aliphatic hydroxyl groups excluding tert-OH is 2. The number of rotatable bonds is 1. The fraction of sp³-hybridized carbons (Fsp3) is 0.714. The molecule has 0 fully saturated rings. The summed E-state index contributed by atoms with van der Waals surface area (Å²) in [6.45, 7) is 2.05. The summed E-state index contributed by atoms with van der Waals surface area (Å²) in [6.07, 6.45) is 2.33.